The van der Waals surface area contributed by atoms with Crippen LogP contribution in [0.3, 0.4) is 0 Å². The smallest absolute Gasteiger partial charge is 0.162 e. The van der Waals surface area contributed by atoms with Crippen LogP contribution in [0.4, 0.5) is 0 Å². The highest BCUT2D eigenvalue weighted by Gasteiger charge is 2.42. The second kappa shape index (κ2) is 9.76. The first-order valence-electron chi connectivity index (χ1n) is 8.97. The van der Waals surface area contributed by atoms with E-state index in [1.54, 1.807) is 0 Å². The van der Waals surface area contributed by atoms with Gasteiger partial charge >= 0.3 is 0 Å². The first-order valence-corrected chi connectivity index (χ1v) is 11.2. The van der Waals surface area contributed by atoms with E-state index in [2.05, 4.69) is 98.5 Å². The fourth-order valence-corrected chi connectivity index (χ4v) is 6.51. The maximum absolute atomic E-state index is 6.19. The number of rotatable bonds is 7. The molecule has 0 aromatic heterocycles. The second-order valence-corrected chi connectivity index (χ2v) is 9.87. The van der Waals surface area contributed by atoms with E-state index in [-0.39, 0.29) is 12.4 Å². The van der Waals surface area contributed by atoms with Crippen LogP contribution in [0.15, 0.2) is 84.9 Å². The summed E-state index contributed by atoms with van der Waals surface area (Å²) < 4.78 is 6.19. The third-order valence-electron chi connectivity index (χ3n) is 4.65. The Hall–Kier alpha value is -1.82. The Kier molecular flexibility index (Phi) is 7.69. The summed E-state index contributed by atoms with van der Waals surface area (Å²) >= 11 is 0. The second-order valence-electron chi connectivity index (χ2n) is 6.35. The zero-order valence-electron chi connectivity index (χ0n) is 15.4. The van der Waals surface area contributed by atoms with Crippen LogP contribution >= 0.6 is 7.26 Å². The molecule has 0 N–H and O–H groups in total. The molecule has 0 unspecified atom stereocenters. The molecule has 0 aliphatic heterocycles. The van der Waals surface area contributed by atoms with Crippen LogP contribution in [-0.4, -0.2) is 13.3 Å². The zero-order chi connectivity index (χ0) is 17.5. The number of hydrogen-bond acceptors (Lipinski definition) is 1. The molecule has 3 heteroatoms. The summed E-state index contributed by atoms with van der Waals surface area (Å²) in [6.45, 7) is 5.37. The summed E-state index contributed by atoms with van der Waals surface area (Å²) in [5.74, 6) is 1.03. The Bertz CT molecular complexity index is 750. The van der Waals surface area contributed by atoms with Crippen molar-refractivity contribution in [1.29, 1.82) is 0 Å². The fourth-order valence-electron chi connectivity index (χ4n) is 3.15. The molecule has 0 radical (unpaired) electrons. The molecular formula is C23H26ClOP. The van der Waals surface area contributed by atoms with Gasteiger partial charge in [-0.25, -0.2) is 0 Å². The number of halogens is 1. The van der Waals surface area contributed by atoms with E-state index in [0.717, 1.165) is 25.2 Å². The van der Waals surface area contributed by atoms with Gasteiger partial charge in [0.05, 0.1) is 13.3 Å². The SMILES string of the molecule is CCCCOc1ccccc1[P+](C)(c1ccccc1)c1ccccc1.[Cl-]. The molecular weight excluding hydrogens is 359 g/mol. The van der Waals surface area contributed by atoms with Crippen molar-refractivity contribution in [2.75, 3.05) is 13.3 Å². The van der Waals surface area contributed by atoms with Crippen molar-refractivity contribution >= 4 is 23.2 Å². The zero-order valence-corrected chi connectivity index (χ0v) is 17.1. The monoisotopic (exact) mass is 384 g/mol. The molecule has 3 aromatic rings. The summed E-state index contributed by atoms with van der Waals surface area (Å²) in [6.07, 6.45) is 2.23. The van der Waals surface area contributed by atoms with Crippen molar-refractivity contribution < 1.29 is 17.1 Å². The maximum Gasteiger partial charge on any atom is 0.162 e. The van der Waals surface area contributed by atoms with Crippen LogP contribution in [-0.2, 0) is 0 Å². The molecule has 1 nitrogen and oxygen atoms in total. The van der Waals surface area contributed by atoms with Crippen molar-refractivity contribution in [1.82, 2.24) is 0 Å². The quantitative estimate of drug-likeness (QED) is 0.446. The van der Waals surface area contributed by atoms with Gasteiger partial charge in [0.15, 0.2) is 5.75 Å². The number of hydrogen-bond donors (Lipinski definition) is 0. The first-order chi connectivity index (χ1) is 12.3. The van der Waals surface area contributed by atoms with Crippen LogP contribution in [0.25, 0.3) is 0 Å². The molecule has 26 heavy (non-hydrogen) atoms. The summed E-state index contributed by atoms with van der Waals surface area (Å²) in [6, 6.07) is 30.3. The predicted octanol–water partition coefficient (Wildman–Crippen LogP) is 1.79. The lowest BCUT2D eigenvalue weighted by Gasteiger charge is -2.25. The van der Waals surface area contributed by atoms with Gasteiger partial charge in [0, 0.05) is 0 Å². The van der Waals surface area contributed by atoms with E-state index in [4.69, 9.17) is 4.74 Å². The standard InChI is InChI=1S/C23H26OP.ClH/c1-3-4-19-24-22-17-11-12-18-23(22)25(2,20-13-7-5-8-14-20)21-15-9-6-10-16-21;/h5-18H,3-4,19H2,1-2H3;1H/q+1;/p-1. The Morgan fingerprint density at radius 2 is 1.23 bits per heavy atom. The summed E-state index contributed by atoms with van der Waals surface area (Å²) in [4.78, 5) is 0. The highest BCUT2D eigenvalue weighted by molar-refractivity contribution is 7.95. The van der Waals surface area contributed by atoms with Gasteiger partial charge in [0.25, 0.3) is 0 Å². The van der Waals surface area contributed by atoms with Crippen molar-refractivity contribution in [3.63, 3.8) is 0 Å². The lowest BCUT2D eigenvalue weighted by Crippen LogP contribution is -3.00. The first kappa shape index (κ1) is 20.5. The van der Waals surface area contributed by atoms with Crippen molar-refractivity contribution in [2.45, 2.75) is 19.8 Å². The van der Waals surface area contributed by atoms with Gasteiger partial charge in [-0.15, -0.1) is 0 Å². The third-order valence-corrected chi connectivity index (χ3v) is 8.64. The highest BCUT2D eigenvalue weighted by atomic mass is 35.5. The Balaban J connectivity index is 0.00000243. The van der Waals surface area contributed by atoms with Crippen molar-refractivity contribution in [2.24, 2.45) is 0 Å². The van der Waals surface area contributed by atoms with Gasteiger partial charge in [-0.3, -0.25) is 0 Å². The largest absolute Gasteiger partial charge is 1.00 e. The van der Waals surface area contributed by atoms with Crippen LogP contribution in [0.2, 0.25) is 0 Å². The molecule has 3 aromatic carbocycles. The number of ether oxygens (including phenoxy) is 1. The molecule has 136 valence electrons. The van der Waals surface area contributed by atoms with E-state index < -0.39 is 7.26 Å². The molecule has 3 rings (SSSR count). The van der Waals surface area contributed by atoms with Gasteiger partial charge in [-0.1, -0.05) is 61.9 Å². The normalized spacial score (nSPS) is 10.8. The fraction of sp³-hybridized carbons (Fsp3) is 0.217. The average molecular weight is 385 g/mol. The van der Waals surface area contributed by atoms with Crippen LogP contribution in [0.1, 0.15) is 19.8 Å². The van der Waals surface area contributed by atoms with E-state index in [1.807, 2.05) is 0 Å². The number of unbranched alkanes of at least 4 members (excludes halogenated alkanes) is 1. The molecule has 0 atom stereocenters. The van der Waals surface area contributed by atoms with Crippen LogP contribution in [0, 0.1) is 0 Å². The van der Waals surface area contributed by atoms with E-state index >= 15 is 0 Å². The van der Waals surface area contributed by atoms with Crippen LogP contribution < -0.4 is 33.1 Å². The van der Waals surface area contributed by atoms with Gasteiger partial charge in [0.2, 0.25) is 0 Å². The van der Waals surface area contributed by atoms with Crippen molar-refractivity contribution in [3.8, 4) is 5.75 Å². The lowest BCUT2D eigenvalue weighted by molar-refractivity contribution is -0.00000550. The highest BCUT2D eigenvalue weighted by Crippen LogP contribution is 2.53. The van der Waals surface area contributed by atoms with E-state index in [9.17, 15) is 0 Å². The molecule has 0 aliphatic carbocycles. The van der Waals surface area contributed by atoms with Gasteiger partial charge in [-0.2, -0.15) is 0 Å². The summed E-state index contributed by atoms with van der Waals surface area (Å²) in [5, 5.41) is 4.09. The van der Waals surface area contributed by atoms with E-state index in [0.29, 0.717) is 0 Å². The number of para-hydroxylation sites is 1. The molecule has 0 fully saturated rings. The Labute approximate surface area is 164 Å². The molecule has 0 saturated heterocycles. The topological polar surface area (TPSA) is 9.23 Å². The minimum absolute atomic E-state index is 0. The Morgan fingerprint density at radius 3 is 1.77 bits per heavy atom. The maximum atomic E-state index is 6.19. The van der Waals surface area contributed by atoms with Gasteiger partial charge in [0.1, 0.15) is 23.2 Å². The Morgan fingerprint density at radius 1 is 0.731 bits per heavy atom. The molecule has 0 aliphatic rings. The van der Waals surface area contributed by atoms with Gasteiger partial charge in [-0.05, 0) is 42.8 Å². The average Bonchev–Trinajstić information content (AvgIpc) is 2.69. The minimum atomic E-state index is -1.74. The summed E-state index contributed by atoms with van der Waals surface area (Å²) in [5.41, 5.74) is 0. The predicted molar refractivity (Wildman–Crippen MR) is 111 cm³/mol. The van der Waals surface area contributed by atoms with E-state index in [1.165, 1.54) is 15.9 Å². The lowest BCUT2D eigenvalue weighted by atomic mass is 10.3. The summed E-state index contributed by atoms with van der Waals surface area (Å²) in [7, 11) is -1.74. The molecule has 0 saturated carbocycles. The third kappa shape index (κ3) is 4.29. The van der Waals surface area contributed by atoms with Crippen molar-refractivity contribution in [3.05, 3.63) is 84.9 Å². The number of benzene rings is 3. The molecule has 0 amide bonds. The molecule has 0 bridgehead atoms. The minimum Gasteiger partial charge on any atom is -1.00 e. The molecule has 0 heterocycles. The molecule has 0 spiro atoms. The van der Waals surface area contributed by atoms with Crippen LogP contribution in [0.5, 0.6) is 5.75 Å². The van der Waals surface area contributed by atoms with Gasteiger partial charge < -0.3 is 17.1 Å².